The number of aromatic nitrogens is 1. The molecule has 0 unspecified atom stereocenters. The first kappa shape index (κ1) is 14.5. The molecule has 0 atom stereocenters. The molecule has 4 nitrogen and oxygen atoms in total. The first-order valence-electron chi connectivity index (χ1n) is 4.97. The van der Waals surface area contributed by atoms with E-state index < -0.39 is 35.3 Å². The van der Waals surface area contributed by atoms with Gasteiger partial charge in [0.25, 0.3) is 0 Å². The molecule has 106 valence electrons. The Hall–Kier alpha value is -1.90. The molecule has 0 bridgehead atoms. The molecule has 0 aliphatic rings. The van der Waals surface area contributed by atoms with Crippen molar-refractivity contribution >= 4 is 21.9 Å². The molecular weight excluding hydrogens is 350 g/mol. The Morgan fingerprint density at radius 3 is 2.45 bits per heavy atom. The lowest BCUT2D eigenvalue weighted by molar-refractivity contribution is -0.141. The van der Waals surface area contributed by atoms with E-state index in [9.17, 15) is 22.4 Å². The van der Waals surface area contributed by atoms with Crippen molar-refractivity contribution in [3.05, 3.63) is 39.9 Å². The highest BCUT2D eigenvalue weighted by Crippen LogP contribution is 2.34. The van der Waals surface area contributed by atoms with E-state index in [0.717, 1.165) is 6.07 Å². The Kier molecular flexibility index (Phi) is 3.55. The minimum atomic E-state index is -4.98. The van der Waals surface area contributed by atoms with Crippen molar-refractivity contribution in [3.8, 4) is 11.5 Å². The molecular formula is C11H4BrF4NO3. The molecule has 20 heavy (non-hydrogen) atoms. The second kappa shape index (κ2) is 4.89. The van der Waals surface area contributed by atoms with Crippen LogP contribution in [0.25, 0.3) is 11.5 Å². The predicted octanol–water partition coefficient (Wildman–Crippen LogP) is 3.96. The molecule has 0 spiro atoms. The monoisotopic (exact) mass is 353 g/mol. The summed E-state index contributed by atoms with van der Waals surface area (Å²) in [6.45, 7) is 0. The van der Waals surface area contributed by atoms with Crippen LogP contribution in [0.5, 0.6) is 0 Å². The second-order valence-corrected chi connectivity index (χ2v) is 4.48. The number of hydrogen-bond donors (Lipinski definition) is 1. The number of alkyl halides is 3. The lowest BCUT2D eigenvalue weighted by Crippen LogP contribution is -2.11. The largest absolute Gasteiger partial charge is 0.475 e. The maximum absolute atomic E-state index is 13.3. The van der Waals surface area contributed by atoms with Gasteiger partial charge in [0.1, 0.15) is 5.82 Å². The van der Waals surface area contributed by atoms with Crippen molar-refractivity contribution < 1.29 is 31.9 Å². The highest BCUT2D eigenvalue weighted by Gasteiger charge is 2.41. The van der Waals surface area contributed by atoms with E-state index in [1.54, 1.807) is 0 Å². The van der Waals surface area contributed by atoms with Crippen molar-refractivity contribution in [1.82, 2.24) is 4.98 Å². The molecule has 2 rings (SSSR count). The SMILES string of the molecule is O=C(O)c1oc(-c2ccc(Br)c(F)c2)nc1C(F)(F)F. The summed E-state index contributed by atoms with van der Waals surface area (Å²) in [4.78, 5) is 13.8. The van der Waals surface area contributed by atoms with Crippen LogP contribution in [0.4, 0.5) is 17.6 Å². The molecule has 0 fully saturated rings. The Morgan fingerprint density at radius 1 is 1.35 bits per heavy atom. The Labute approximate surface area is 117 Å². The Balaban J connectivity index is 2.58. The van der Waals surface area contributed by atoms with Crippen LogP contribution in [0.2, 0.25) is 0 Å². The van der Waals surface area contributed by atoms with Gasteiger partial charge in [-0.05, 0) is 34.1 Å². The molecule has 0 amide bonds. The number of hydrogen-bond acceptors (Lipinski definition) is 3. The topological polar surface area (TPSA) is 63.3 Å². The normalized spacial score (nSPS) is 11.7. The highest BCUT2D eigenvalue weighted by atomic mass is 79.9. The molecule has 9 heteroatoms. The van der Waals surface area contributed by atoms with E-state index in [-0.39, 0.29) is 10.0 Å². The van der Waals surface area contributed by atoms with Crippen LogP contribution >= 0.6 is 15.9 Å². The lowest BCUT2D eigenvalue weighted by Gasteiger charge is -2.00. The summed E-state index contributed by atoms with van der Waals surface area (Å²) >= 11 is 2.88. The number of carboxylic acids is 1. The first-order valence-corrected chi connectivity index (χ1v) is 5.76. The average Bonchev–Trinajstić information content (AvgIpc) is 2.77. The van der Waals surface area contributed by atoms with E-state index in [2.05, 4.69) is 25.3 Å². The number of carbonyl (C=O) groups is 1. The van der Waals surface area contributed by atoms with Gasteiger partial charge in [0, 0.05) is 5.56 Å². The zero-order valence-electron chi connectivity index (χ0n) is 9.33. The summed E-state index contributed by atoms with van der Waals surface area (Å²) < 4.78 is 55.8. The van der Waals surface area contributed by atoms with E-state index in [4.69, 9.17) is 5.11 Å². The summed E-state index contributed by atoms with van der Waals surface area (Å²) in [7, 11) is 0. The van der Waals surface area contributed by atoms with E-state index in [1.807, 2.05) is 0 Å². The van der Waals surface area contributed by atoms with Crippen LogP contribution in [-0.2, 0) is 6.18 Å². The van der Waals surface area contributed by atoms with Gasteiger partial charge in [-0.15, -0.1) is 0 Å². The van der Waals surface area contributed by atoms with Crippen molar-refractivity contribution in [2.75, 3.05) is 0 Å². The van der Waals surface area contributed by atoms with Gasteiger partial charge in [0.15, 0.2) is 5.69 Å². The molecule has 0 radical (unpaired) electrons. The van der Waals surface area contributed by atoms with Crippen molar-refractivity contribution in [2.24, 2.45) is 0 Å². The van der Waals surface area contributed by atoms with Crippen LogP contribution in [-0.4, -0.2) is 16.1 Å². The van der Waals surface area contributed by atoms with Gasteiger partial charge in [-0.1, -0.05) is 0 Å². The standard InChI is InChI=1S/C11H4BrF4NO3/c12-5-2-1-4(3-6(5)13)9-17-8(11(14,15)16)7(20-9)10(18)19/h1-3H,(H,18,19). The number of halogens is 5. The van der Waals surface area contributed by atoms with Gasteiger partial charge in [0.2, 0.25) is 11.7 Å². The molecule has 1 aromatic heterocycles. The number of nitrogens with zero attached hydrogens (tertiary/aromatic N) is 1. The van der Waals surface area contributed by atoms with Crippen LogP contribution in [0.15, 0.2) is 27.1 Å². The number of aromatic carboxylic acids is 1. The van der Waals surface area contributed by atoms with Crippen LogP contribution < -0.4 is 0 Å². The Bertz CT molecular complexity index is 681. The van der Waals surface area contributed by atoms with Gasteiger partial charge in [0.05, 0.1) is 4.47 Å². The molecule has 1 heterocycles. The van der Waals surface area contributed by atoms with Crippen molar-refractivity contribution in [2.45, 2.75) is 6.18 Å². The van der Waals surface area contributed by atoms with Gasteiger partial charge in [-0.3, -0.25) is 0 Å². The summed E-state index contributed by atoms with van der Waals surface area (Å²) in [5, 5.41) is 8.67. The Morgan fingerprint density at radius 2 is 2.00 bits per heavy atom. The molecule has 0 aliphatic carbocycles. The van der Waals surface area contributed by atoms with Crippen LogP contribution in [0.1, 0.15) is 16.2 Å². The van der Waals surface area contributed by atoms with E-state index in [0.29, 0.717) is 0 Å². The fraction of sp³-hybridized carbons (Fsp3) is 0.0909. The molecule has 1 N–H and O–H groups in total. The molecule has 2 aromatic rings. The summed E-state index contributed by atoms with van der Waals surface area (Å²) in [5.74, 6) is -4.61. The first-order chi connectivity index (χ1) is 9.20. The van der Waals surface area contributed by atoms with Gasteiger partial charge in [-0.25, -0.2) is 14.2 Å². The lowest BCUT2D eigenvalue weighted by atomic mass is 10.2. The quantitative estimate of drug-likeness (QED) is 0.830. The van der Waals surface area contributed by atoms with Gasteiger partial charge < -0.3 is 9.52 Å². The molecule has 0 aliphatic heterocycles. The predicted molar refractivity (Wildman–Crippen MR) is 61.6 cm³/mol. The molecule has 0 saturated heterocycles. The van der Waals surface area contributed by atoms with Gasteiger partial charge in [-0.2, -0.15) is 13.2 Å². The third kappa shape index (κ3) is 2.67. The zero-order chi connectivity index (χ0) is 15.1. The number of benzene rings is 1. The number of carboxylic acid groups (broad SMARTS) is 1. The zero-order valence-corrected chi connectivity index (χ0v) is 10.9. The van der Waals surface area contributed by atoms with Crippen LogP contribution in [0, 0.1) is 5.82 Å². The second-order valence-electron chi connectivity index (χ2n) is 3.63. The average molecular weight is 354 g/mol. The van der Waals surface area contributed by atoms with Crippen molar-refractivity contribution in [1.29, 1.82) is 0 Å². The summed E-state index contributed by atoms with van der Waals surface area (Å²) in [6.07, 6.45) is -4.98. The van der Waals surface area contributed by atoms with E-state index >= 15 is 0 Å². The maximum atomic E-state index is 13.3. The fourth-order valence-electron chi connectivity index (χ4n) is 1.41. The van der Waals surface area contributed by atoms with E-state index in [1.165, 1.54) is 12.1 Å². The minimum Gasteiger partial charge on any atom is -0.475 e. The van der Waals surface area contributed by atoms with Crippen molar-refractivity contribution in [3.63, 3.8) is 0 Å². The molecule has 1 aromatic carbocycles. The summed E-state index contributed by atoms with van der Waals surface area (Å²) in [6, 6.07) is 3.36. The van der Waals surface area contributed by atoms with Gasteiger partial charge >= 0.3 is 12.1 Å². The highest BCUT2D eigenvalue weighted by molar-refractivity contribution is 9.10. The molecule has 0 saturated carbocycles. The number of rotatable bonds is 2. The number of oxazole rings is 1. The minimum absolute atomic E-state index is 0.0994. The third-order valence-corrected chi connectivity index (χ3v) is 2.90. The summed E-state index contributed by atoms with van der Waals surface area (Å²) in [5.41, 5.74) is -1.77. The van der Waals surface area contributed by atoms with Crippen LogP contribution in [0.3, 0.4) is 0 Å². The maximum Gasteiger partial charge on any atom is 0.437 e. The smallest absolute Gasteiger partial charge is 0.437 e. The fourth-order valence-corrected chi connectivity index (χ4v) is 1.66. The third-order valence-electron chi connectivity index (χ3n) is 2.26.